The van der Waals surface area contributed by atoms with Gasteiger partial charge in [0.2, 0.25) is 0 Å². The summed E-state index contributed by atoms with van der Waals surface area (Å²) < 4.78 is 0. The van der Waals surface area contributed by atoms with Crippen molar-refractivity contribution in [2.75, 3.05) is 0 Å². The Kier molecular flexibility index (Phi) is 4.35. The summed E-state index contributed by atoms with van der Waals surface area (Å²) in [5, 5.41) is 2.68. The lowest BCUT2D eigenvalue weighted by Gasteiger charge is -2.19. The van der Waals surface area contributed by atoms with Crippen molar-refractivity contribution in [2.45, 2.75) is 19.3 Å². The molecule has 0 aliphatic rings. The Morgan fingerprint density at radius 2 is 1.28 bits per heavy atom. The lowest BCUT2D eigenvalue weighted by atomic mass is 9.85. The van der Waals surface area contributed by atoms with Gasteiger partial charge >= 0.3 is 0 Å². The number of benzene rings is 4. The zero-order valence-electron chi connectivity index (χ0n) is 14.5. The van der Waals surface area contributed by atoms with Gasteiger partial charge in [0.05, 0.1) is 0 Å². The van der Waals surface area contributed by atoms with Crippen molar-refractivity contribution >= 4 is 10.8 Å². The van der Waals surface area contributed by atoms with Crippen LogP contribution in [0.15, 0.2) is 97.1 Å². The Bertz CT molecular complexity index is 968. The minimum atomic E-state index is 0.379. The van der Waals surface area contributed by atoms with E-state index in [0.29, 0.717) is 5.92 Å². The van der Waals surface area contributed by atoms with E-state index in [0.717, 1.165) is 6.42 Å². The molecule has 0 heterocycles. The van der Waals surface area contributed by atoms with E-state index in [1.54, 1.807) is 0 Å². The highest BCUT2D eigenvalue weighted by atomic mass is 14.2. The number of hydrogen-bond acceptors (Lipinski definition) is 0. The van der Waals surface area contributed by atoms with Gasteiger partial charge < -0.3 is 0 Å². The van der Waals surface area contributed by atoms with Gasteiger partial charge in [0.25, 0.3) is 0 Å². The van der Waals surface area contributed by atoms with Crippen molar-refractivity contribution < 1.29 is 0 Å². The molecule has 0 nitrogen and oxygen atoms in total. The first-order valence-corrected chi connectivity index (χ1v) is 8.92. The normalized spacial score (nSPS) is 12.2. The van der Waals surface area contributed by atoms with Crippen LogP contribution in [-0.4, -0.2) is 0 Å². The molecule has 0 aliphatic heterocycles. The number of fused-ring (bicyclic) bond motifs is 1. The molecular formula is C25H22. The quantitative estimate of drug-likeness (QED) is 0.398. The van der Waals surface area contributed by atoms with E-state index in [4.69, 9.17) is 0 Å². The Morgan fingerprint density at radius 3 is 2.04 bits per heavy atom. The third-order valence-corrected chi connectivity index (χ3v) is 5.07. The van der Waals surface area contributed by atoms with Crippen molar-refractivity contribution in [3.63, 3.8) is 0 Å². The van der Waals surface area contributed by atoms with Gasteiger partial charge in [0.1, 0.15) is 0 Å². The fraction of sp³-hybridized carbons (Fsp3) is 0.120. The number of rotatable bonds is 4. The highest BCUT2D eigenvalue weighted by molar-refractivity contribution is 5.87. The molecule has 1 atom stereocenters. The molecule has 4 aromatic rings. The van der Waals surface area contributed by atoms with E-state index in [2.05, 4.69) is 104 Å². The fourth-order valence-electron chi connectivity index (χ4n) is 3.68. The van der Waals surface area contributed by atoms with Crippen LogP contribution >= 0.6 is 0 Å². The molecule has 0 saturated carbocycles. The zero-order chi connectivity index (χ0) is 17.1. The van der Waals surface area contributed by atoms with Crippen molar-refractivity contribution in [1.29, 1.82) is 0 Å². The highest BCUT2D eigenvalue weighted by Crippen LogP contribution is 2.33. The smallest absolute Gasteiger partial charge is 0.00640 e. The first-order chi connectivity index (χ1) is 12.3. The van der Waals surface area contributed by atoms with Crippen LogP contribution in [-0.2, 0) is 6.42 Å². The SMILES string of the molecule is CC(c1ccccc1)c1ccc2ccccc2c1Cc1ccccc1. The molecule has 0 bridgehead atoms. The van der Waals surface area contributed by atoms with E-state index >= 15 is 0 Å². The molecule has 0 saturated heterocycles. The van der Waals surface area contributed by atoms with Gasteiger partial charge in [-0.15, -0.1) is 0 Å². The van der Waals surface area contributed by atoms with Crippen LogP contribution in [0.25, 0.3) is 10.8 Å². The van der Waals surface area contributed by atoms with E-state index in [1.807, 2.05) is 0 Å². The van der Waals surface area contributed by atoms with Crippen molar-refractivity contribution in [2.24, 2.45) is 0 Å². The average Bonchev–Trinajstić information content (AvgIpc) is 2.69. The van der Waals surface area contributed by atoms with Crippen LogP contribution < -0.4 is 0 Å². The minimum Gasteiger partial charge on any atom is -0.0622 e. The van der Waals surface area contributed by atoms with Crippen molar-refractivity contribution in [1.82, 2.24) is 0 Å². The lowest BCUT2D eigenvalue weighted by molar-refractivity contribution is 0.903. The molecule has 1 unspecified atom stereocenters. The van der Waals surface area contributed by atoms with Gasteiger partial charge in [-0.2, -0.15) is 0 Å². The van der Waals surface area contributed by atoms with E-state index in [-0.39, 0.29) is 0 Å². The van der Waals surface area contributed by atoms with Crippen LogP contribution in [0.5, 0.6) is 0 Å². The monoisotopic (exact) mass is 322 g/mol. The van der Waals surface area contributed by atoms with Crippen molar-refractivity contribution in [3.05, 3.63) is 119 Å². The molecule has 0 amide bonds. The van der Waals surface area contributed by atoms with Gasteiger partial charge in [0.15, 0.2) is 0 Å². The molecule has 0 aromatic heterocycles. The fourth-order valence-corrected chi connectivity index (χ4v) is 3.68. The van der Waals surface area contributed by atoms with Crippen LogP contribution in [0.2, 0.25) is 0 Å². The molecular weight excluding hydrogens is 300 g/mol. The summed E-state index contributed by atoms with van der Waals surface area (Å²) in [4.78, 5) is 0. The lowest BCUT2D eigenvalue weighted by Crippen LogP contribution is -2.03. The Balaban J connectivity index is 1.87. The van der Waals surface area contributed by atoms with Gasteiger partial charge in [-0.3, -0.25) is 0 Å². The second kappa shape index (κ2) is 6.94. The van der Waals surface area contributed by atoms with Crippen LogP contribution in [0, 0.1) is 0 Å². The maximum atomic E-state index is 2.32. The first-order valence-electron chi connectivity index (χ1n) is 8.92. The highest BCUT2D eigenvalue weighted by Gasteiger charge is 2.15. The standard InChI is InChI=1S/C25H22/c1-19(21-12-6-3-7-13-21)23-17-16-22-14-8-9-15-24(22)25(23)18-20-10-4-2-5-11-20/h2-17,19H,18H2,1H3. The molecule has 4 rings (SSSR count). The van der Waals surface area contributed by atoms with E-state index < -0.39 is 0 Å². The summed E-state index contributed by atoms with van der Waals surface area (Å²) in [6, 6.07) is 34.9. The topological polar surface area (TPSA) is 0 Å². The second-order valence-electron chi connectivity index (χ2n) is 6.65. The summed E-state index contributed by atoms with van der Waals surface area (Å²) in [7, 11) is 0. The summed E-state index contributed by atoms with van der Waals surface area (Å²) in [6.07, 6.45) is 0.967. The Hall–Kier alpha value is -2.86. The summed E-state index contributed by atoms with van der Waals surface area (Å²) >= 11 is 0. The molecule has 0 heteroatoms. The van der Waals surface area contributed by atoms with E-state index in [9.17, 15) is 0 Å². The summed E-state index contributed by atoms with van der Waals surface area (Å²) in [6.45, 7) is 2.31. The zero-order valence-corrected chi connectivity index (χ0v) is 14.5. The molecule has 122 valence electrons. The maximum Gasteiger partial charge on any atom is 0.00640 e. The molecule has 25 heavy (non-hydrogen) atoms. The maximum absolute atomic E-state index is 2.32. The summed E-state index contributed by atoms with van der Waals surface area (Å²) in [5.41, 5.74) is 5.60. The molecule has 4 aromatic carbocycles. The first kappa shape index (κ1) is 15.7. The third kappa shape index (κ3) is 3.21. The van der Waals surface area contributed by atoms with Gasteiger partial charge in [-0.05, 0) is 39.4 Å². The largest absolute Gasteiger partial charge is 0.0622 e. The number of hydrogen-bond donors (Lipinski definition) is 0. The molecule has 0 aliphatic carbocycles. The van der Waals surface area contributed by atoms with E-state index in [1.165, 1.54) is 33.0 Å². The van der Waals surface area contributed by atoms with Crippen molar-refractivity contribution in [3.8, 4) is 0 Å². The minimum absolute atomic E-state index is 0.379. The predicted octanol–water partition coefficient (Wildman–Crippen LogP) is 6.58. The van der Waals surface area contributed by atoms with Gasteiger partial charge in [-0.1, -0.05) is 104 Å². The van der Waals surface area contributed by atoms with Crippen LogP contribution in [0.4, 0.5) is 0 Å². The molecule has 0 spiro atoms. The van der Waals surface area contributed by atoms with Crippen LogP contribution in [0.3, 0.4) is 0 Å². The van der Waals surface area contributed by atoms with Gasteiger partial charge in [0, 0.05) is 5.92 Å². The van der Waals surface area contributed by atoms with Crippen LogP contribution in [0.1, 0.15) is 35.1 Å². The summed E-state index contributed by atoms with van der Waals surface area (Å²) in [5.74, 6) is 0.379. The Morgan fingerprint density at radius 1 is 0.640 bits per heavy atom. The Labute approximate surface area is 149 Å². The van der Waals surface area contributed by atoms with Gasteiger partial charge in [-0.25, -0.2) is 0 Å². The average molecular weight is 322 g/mol. The molecule has 0 N–H and O–H groups in total. The second-order valence-corrected chi connectivity index (χ2v) is 6.65. The molecule has 0 radical (unpaired) electrons. The predicted molar refractivity (Wildman–Crippen MR) is 107 cm³/mol. The molecule has 0 fully saturated rings. The third-order valence-electron chi connectivity index (χ3n) is 5.07.